The number of ether oxygens (including phenoxy) is 1. The van der Waals surface area contributed by atoms with Crippen LogP contribution in [0.15, 0.2) is 53.7 Å². The van der Waals surface area contributed by atoms with Crippen LogP contribution in [0.3, 0.4) is 0 Å². The van der Waals surface area contributed by atoms with Crippen molar-refractivity contribution in [3.63, 3.8) is 0 Å². The Morgan fingerprint density at radius 3 is 2.59 bits per heavy atom. The Morgan fingerprint density at radius 2 is 1.89 bits per heavy atom. The zero-order valence-electron chi connectivity index (χ0n) is 16.4. The van der Waals surface area contributed by atoms with Crippen molar-refractivity contribution in [2.45, 2.75) is 57.2 Å². The summed E-state index contributed by atoms with van der Waals surface area (Å²) in [6.07, 6.45) is 0.329. The normalized spacial score (nSPS) is 11.7. The third-order valence-electron chi connectivity index (χ3n) is 4.04. The van der Waals surface area contributed by atoms with Crippen LogP contribution in [0.5, 0.6) is 0 Å². The summed E-state index contributed by atoms with van der Waals surface area (Å²) in [7, 11) is 0. The first-order valence-electron chi connectivity index (χ1n) is 9.17. The van der Waals surface area contributed by atoms with Crippen molar-refractivity contribution >= 4 is 28.8 Å². The average Bonchev–Trinajstić information content (AvgIpc) is 2.94. The lowest BCUT2D eigenvalue weighted by Gasteiger charge is -2.19. The highest BCUT2D eigenvalue weighted by Gasteiger charge is 2.18. The molecule has 0 amide bonds. The third kappa shape index (κ3) is 5.36. The van der Waals surface area contributed by atoms with Gasteiger partial charge in [0, 0.05) is 12.3 Å². The van der Waals surface area contributed by atoms with E-state index in [-0.39, 0.29) is 5.97 Å². The molecule has 1 heterocycles. The van der Waals surface area contributed by atoms with Crippen molar-refractivity contribution in [1.29, 1.82) is 0 Å². The van der Waals surface area contributed by atoms with Gasteiger partial charge >= 0.3 is 5.97 Å². The number of aryl methyl sites for hydroxylation is 2. The summed E-state index contributed by atoms with van der Waals surface area (Å²) in [5, 5.41) is 0.933. The molecule has 0 aliphatic carbocycles. The number of thioether (sulfide) groups is 1. The molecule has 0 bridgehead atoms. The Balaban J connectivity index is 1.82. The lowest BCUT2D eigenvalue weighted by Crippen LogP contribution is -2.24. The second-order valence-corrected chi connectivity index (χ2v) is 8.59. The first-order valence-corrected chi connectivity index (χ1v) is 10.2. The van der Waals surface area contributed by atoms with Crippen molar-refractivity contribution in [2.75, 3.05) is 0 Å². The fourth-order valence-corrected chi connectivity index (χ4v) is 3.85. The number of hydrogen-bond donors (Lipinski definition) is 0. The van der Waals surface area contributed by atoms with E-state index in [0.717, 1.165) is 21.9 Å². The largest absolute Gasteiger partial charge is 0.460 e. The summed E-state index contributed by atoms with van der Waals surface area (Å²) in [4.78, 5) is 17.0. The molecule has 0 fully saturated rings. The van der Waals surface area contributed by atoms with E-state index in [1.54, 1.807) is 11.8 Å². The van der Waals surface area contributed by atoms with Gasteiger partial charge in [0.2, 0.25) is 0 Å². The highest BCUT2D eigenvalue weighted by molar-refractivity contribution is 7.98. The van der Waals surface area contributed by atoms with Crippen molar-refractivity contribution in [2.24, 2.45) is 0 Å². The molecular weight excluding hydrogens is 356 g/mol. The standard InChI is InChI=1S/C22H26N2O2S/c1-16-10-11-18-19(14-16)24(13-12-20(25)26-22(2,3)4)21(23-18)27-15-17-8-6-5-7-9-17/h5-11,14H,12-13,15H2,1-4H3. The molecule has 27 heavy (non-hydrogen) atoms. The van der Waals surface area contributed by atoms with Crippen molar-refractivity contribution in [3.05, 3.63) is 59.7 Å². The van der Waals surface area contributed by atoms with Gasteiger partial charge in [-0.15, -0.1) is 0 Å². The summed E-state index contributed by atoms with van der Waals surface area (Å²) >= 11 is 1.70. The zero-order chi connectivity index (χ0) is 19.4. The average molecular weight is 383 g/mol. The predicted molar refractivity (Wildman–Crippen MR) is 111 cm³/mol. The van der Waals surface area contributed by atoms with E-state index < -0.39 is 5.60 Å². The molecule has 142 valence electrons. The van der Waals surface area contributed by atoms with Gasteiger partial charge in [0.25, 0.3) is 0 Å². The maximum Gasteiger partial charge on any atom is 0.308 e. The van der Waals surface area contributed by atoms with Crippen LogP contribution >= 0.6 is 11.8 Å². The van der Waals surface area contributed by atoms with E-state index in [1.807, 2.05) is 45.0 Å². The summed E-state index contributed by atoms with van der Waals surface area (Å²) in [6.45, 7) is 8.31. The molecule has 3 aromatic rings. The minimum absolute atomic E-state index is 0.184. The molecule has 4 nitrogen and oxygen atoms in total. The number of imidazole rings is 1. The lowest BCUT2D eigenvalue weighted by atomic mass is 10.2. The molecule has 0 unspecified atom stereocenters. The second kappa shape index (κ2) is 8.17. The molecule has 0 saturated carbocycles. The fourth-order valence-electron chi connectivity index (χ4n) is 2.85. The Morgan fingerprint density at radius 1 is 1.15 bits per heavy atom. The smallest absolute Gasteiger partial charge is 0.308 e. The van der Waals surface area contributed by atoms with Gasteiger partial charge in [0.05, 0.1) is 17.5 Å². The van der Waals surface area contributed by atoms with Crippen LogP contribution in [0.4, 0.5) is 0 Å². The molecule has 0 radical (unpaired) electrons. The number of benzene rings is 2. The Labute approximate surface area is 164 Å². The highest BCUT2D eigenvalue weighted by Crippen LogP contribution is 2.28. The number of esters is 1. The van der Waals surface area contributed by atoms with Gasteiger partial charge in [-0.1, -0.05) is 48.2 Å². The first-order chi connectivity index (χ1) is 12.8. The number of rotatable bonds is 6. The van der Waals surface area contributed by atoms with Crippen LogP contribution in [-0.2, 0) is 21.8 Å². The maximum absolute atomic E-state index is 12.2. The monoisotopic (exact) mass is 382 g/mol. The van der Waals surface area contributed by atoms with Crippen molar-refractivity contribution < 1.29 is 9.53 Å². The number of carbonyl (C=O) groups excluding carboxylic acids is 1. The van der Waals surface area contributed by atoms with E-state index in [2.05, 4.69) is 35.8 Å². The summed E-state index contributed by atoms with van der Waals surface area (Å²) in [6, 6.07) is 16.6. The molecule has 0 aliphatic rings. The predicted octanol–water partition coefficient (Wildman–Crippen LogP) is 5.37. The molecule has 0 saturated heterocycles. The second-order valence-electron chi connectivity index (χ2n) is 7.65. The van der Waals surface area contributed by atoms with Crippen LogP contribution in [0.2, 0.25) is 0 Å². The van der Waals surface area contributed by atoms with Crippen LogP contribution in [0.1, 0.15) is 38.3 Å². The molecule has 1 aromatic heterocycles. The van der Waals surface area contributed by atoms with Crippen LogP contribution in [0, 0.1) is 6.92 Å². The topological polar surface area (TPSA) is 44.1 Å². The SMILES string of the molecule is Cc1ccc2nc(SCc3ccccc3)n(CCC(=O)OC(C)(C)C)c2c1. The molecule has 0 N–H and O–H groups in total. The number of carbonyl (C=O) groups is 1. The molecule has 0 spiro atoms. The molecule has 5 heteroatoms. The molecule has 0 atom stereocenters. The van der Waals surface area contributed by atoms with Gasteiger partial charge in [-0.05, 0) is 51.0 Å². The molecule has 3 rings (SSSR count). The fraction of sp³-hybridized carbons (Fsp3) is 0.364. The number of nitrogens with zero attached hydrogens (tertiary/aromatic N) is 2. The Bertz CT molecular complexity index is 927. The van der Waals surface area contributed by atoms with Crippen molar-refractivity contribution in [3.8, 4) is 0 Å². The van der Waals surface area contributed by atoms with E-state index in [0.29, 0.717) is 13.0 Å². The highest BCUT2D eigenvalue weighted by atomic mass is 32.2. The maximum atomic E-state index is 12.2. The minimum atomic E-state index is -0.463. The minimum Gasteiger partial charge on any atom is -0.460 e. The summed E-state index contributed by atoms with van der Waals surface area (Å²) < 4.78 is 7.60. The van der Waals surface area contributed by atoms with Gasteiger partial charge in [0.15, 0.2) is 5.16 Å². The lowest BCUT2D eigenvalue weighted by molar-refractivity contribution is -0.155. The van der Waals surface area contributed by atoms with E-state index in [1.165, 1.54) is 11.1 Å². The van der Waals surface area contributed by atoms with E-state index in [9.17, 15) is 4.79 Å². The van der Waals surface area contributed by atoms with Gasteiger partial charge in [0.1, 0.15) is 5.60 Å². The number of hydrogen-bond acceptors (Lipinski definition) is 4. The van der Waals surface area contributed by atoms with Crippen molar-refractivity contribution in [1.82, 2.24) is 9.55 Å². The first kappa shape index (κ1) is 19.5. The Kier molecular flexibility index (Phi) is 5.90. The number of aromatic nitrogens is 2. The summed E-state index contributed by atoms with van der Waals surface area (Å²) in [5.41, 5.74) is 4.00. The zero-order valence-corrected chi connectivity index (χ0v) is 17.2. The number of fused-ring (bicyclic) bond motifs is 1. The van der Waals surface area contributed by atoms with Crippen LogP contribution < -0.4 is 0 Å². The van der Waals surface area contributed by atoms with E-state index >= 15 is 0 Å². The van der Waals surface area contributed by atoms with Crippen LogP contribution in [-0.4, -0.2) is 21.1 Å². The summed E-state index contributed by atoms with van der Waals surface area (Å²) in [5.74, 6) is 0.659. The Hall–Kier alpha value is -2.27. The van der Waals surface area contributed by atoms with Gasteiger partial charge in [-0.25, -0.2) is 4.98 Å². The quantitative estimate of drug-likeness (QED) is 0.425. The van der Waals surface area contributed by atoms with E-state index in [4.69, 9.17) is 9.72 Å². The molecule has 2 aromatic carbocycles. The van der Waals surface area contributed by atoms with Crippen LogP contribution in [0.25, 0.3) is 11.0 Å². The van der Waals surface area contributed by atoms with Gasteiger partial charge in [-0.3, -0.25) is 4.79 Å². The molecule has 0 aliphatic heterocycles. The van der Waals surface area contributed by atoms with Gasteiger partial charge in [-0.2, -0.15) is 0 Å². The molecular formula is C22H26N2O2S. The third-order valence-corrected chi connectivity index (χ3v) is 5.09. The van der Waals surface area contributed by atoms with Gasteiger partial charge < -0.3 is 9.30 Å².